The van der Waals surface area contributed by atoms with E-state index in [0.717, 1.165) is 12.2 Å². The first-order chi connectivity index (χ1) is 11.3. The van der Waals surface area contributed by atoms with Crippen molar-refractivity contribution in [2.45, 2.75) is 38.8 Å². The van der Waals surface area contributed by atoms with E-state index >= 15 is 0 Å². The van der Waals surface area contributed by atoms with E-state index in [2.05, 4.69) is 23.8 Å². The van der Waals surface area contributed by atoms with Crippen LogP contribution in [0.2, 0.25) is 0 Å². The predicted octanol–water partition coefficient (Wildman–Crippen LogP) is -3.27. The molecule has 0 heterocycles. The van der Waals surface area contributed by atoms with Crippen LogP contribution in [0.1, 0.15) is 27.7 Å². The number of hydrogen-bond acceptors (Lipinski definition) is 8. The summed E-state index contributed by atoms with van der Waals surface area (Å²) in [6.45, 7) is 12.3. The molecule has 2 amide bonds. The number of carbonyl (C=O) groups is 2. The van der Waals surface area contributed by atoms with Crippen LogP contribution in [0.25, 0.3) is 0 Å². The average molecular weight is 470 g/mol. The summed E-state index contributed by atoms with van der Waals surface area (Å²) in [4.78, 5) is 21.6. The van der Waals surface area contributed by atoms with Crippen molar-refractivity contribution < 1.29 is 86.9 Å². The fourth-order valence-corrected chi connectivity index (χ4v) is 3.68. The molecule has 0 saturated carbocycles. The molecule has 0 bridgehead atoms. The molecule has 28 heavy (non-hydrogen) atoms. The molecule has 0 saturated heterocycles. The van der Waals surface area contributed by atoms with Crippen LogP contribution in [0.15, 0.2) is 25.3 Å². The second-order valence-electron chi connectivity index (χ2n) is 6.58. The Labute approximate surface area is 209 Å². The molecule has 6 N–H and O–H groups in total. The summed E-state index contributed by atoms with van der Waals surface area (Å²) in [6, 6.07) is 0. The number of rotatable bonds is 8. The van der Waals surface area contributed by atoms with Gasteiger partial charge in [-0.2, -0.15) is 8.42 Å². The molecule has 160 valence electrons. The van der Waals surface area contributed by atoms with Crippen LogP contribution in [0.4, 0.5) is 0 Å². The number of hydrogen-bond donors (Lipinski definition) is 4. The van der Waals surface area contributed by atoms with Crippen molar-refractivity contribution >= 4 is 32.1 Å². The molecule has 14 heteroatoms. The summed E-state index contributed by atoms with van der Waals surface area (Å²) < 4.78 is 60.7. The van der Waals surface area contributed by atoms with Crippen LogP contribution in [0, 0.1) is 0 Å². The zero-order valence-electron chi connectivity index (χ0n) is 16.8. The maximum absolute atomic E-state index is 10.8. The quantitative estimate of drug-likeness (QED) is 0.160. The molecule has 0 atom stereocenters. The van der Waals surface area contributed by atoms with Crippen LogP contribution in [-0.2, 0) is 29.8 Å². The second-order valence-corrected chi connectivity index (χ2v) is 9.44. The van der Waals surface area contributed by atoms with Gasteiger partial charge in [-0.3, -0.25) is 14.1 Å². The van der Waals surface area contributed by atoms with Crippen molar-refractivity contribution in [1.82, 2.24) is 16.8 Å². The molecule has 0 fully saturated rings. The van der Waals surface area contributed by atoms with Crippen LogP contribution < -0.4 is 68.2 Å². The van der Waals surface area contributed by atoms with E-state index in [0.29, 0.717) is 0 Å². The Kier molecular flexibility index (Phi) is 17.6. The van der Waals surface area contributed by atoms with E-state index in [4.69, 9.17) is 4.55 Å². The minimum atomic E-state index is -4.33. The molecule has 0 aliphatic rings. The van der Waals surface area contributed by atoms with Crippen LogP contribution in [0.3, 0.4) is 0 Å². The normalized spacial score (nSPS) is 11.4. The van der Waals surface area contributed by atoms with Crippen LogP contribution in [0.5, 0.6) is 0 Å². The summed E-state index contributed by atoms with van der Waals surface area (Å²) in [5.41, 5.74) is -2.06. The molecule has 0 spiro atoms. The van der Waals surface area contributed by atoms with E-state index in [-0.39, 0.29) is 57.5 Å². The molecular weight excluding hydrogens is 441 g/mol. The van der Waals surface area contributed by atoms with Crippen molar-refractivity contribution in [3.8, 4) is 0 Å². The van der Waals surface area contributed by atoms with Gasteiger partial charge in [0.15, 0.2) is 0 Å². The molecule has 0 aromatic heterocycles. The Balaban J connectivity index is -0.000000192. The third-order valence-electron chi connectivity index (χ3n) is 2.37. The van der Waals surface area contributed by atoms with E-state index < -0.39 is 54.6 Å². The Morgan fingerprint density at radius 2 is 1.21 bits per heavy atom. The van der Waals surface area contributed by atoms with Gasteiger partial charge in [-0.05, 0) is 39.8 Å². The van der Waals surface area contributed by atoms with Crippen molar-refractivity contribution in [1.29, 1.82) is 0 Å². The van der Waals surface area contributed by atoms with E-state index in [9.17, 15) is 31.0 Å². The van der Waals surface area contributed by atoms with E-state index in [1.807, 2.05) is 0 Å². The molecule has 0 rings (SSSR count). The van der Waals surface area contributed by atoms with Gasteiger partial charge in [-0.15, -0.1) is 0 Å². The van der Waals surface area contributed by atoms with Crippen molar-refractivity contribution in [2.24, 2.45) is 0 Å². The van der Waals surface area contributed by atoms with Crippen molar-refractivity contribution in [2.75, 3.05) is 11.5 Å². The Morgan fingerprint density at radius 3 is 1.43 bits per heavy atom. The van der Waals surface area contributed by atoms with Gasteiger partial charge in [0.25, 0.3) is 10.1 Å². The van der Waals surface area contributed by atoms with Crippen molar-refractivity contribution in [3.63, 3.8) is 0 Å². The summed E-state index contributed by atoms with van der Waals surface area (Å²) >= 11 is 0. The molecule has 0 aromatic carbocycles. The van der Waals surface area contributed by atoms with Gasteiger partial charge >= 0.3 is 51.4 Å². The molecule has 0 aliphatic heterocycles. The largest absolute Gasteiger partial charge is 1.00 e. The van der Waals surface area contributed by atoms with Crippen LogP contribution >= 0.6 is 0 Å². The third kappa shape index (κ3) is 23.9. The molecule has 11 nitrogen and oxygen atoms in total. The Bertz CT molecular complexity index is 683. The van der Waals surface area contributed by atoms with Gasteiger partial charge in [-0.1, -0.05) is 13.2 Å². The fraction of sp³-hybridized carbons (Fsp3) is 0.571. The number of carbonyl (C=O) groups excluding carboxylic acids is 2. The van der Waals surface area contributed by atoms with Gasteiger partial charge in [0, 0.05) is 5.54 Å². The third-order valence-corrected chi connectivity index (χ3v) is 4.54. The van der Waals surface area contributed by atoms with Gasteiger partial charge in [0.2, 0.25) is 11.8 Å². The van der Waals surface area contributed by atoms with E-state index in [1.54, 1.807) is 0 Å². The maximum Gasteiger partial charge on any atom is 1.00 e. The smallest absolute Gasteiger partial charge is 0.748 e. The Hall–Kier alpha value is -0.164. The molecule has 0 unspecified atom stereocenters. The maximum atomic E-state index is 10.8. The summed E-state index contributed by atoms with van der Waals surface area (Å²) in [6.07, 6.45) is 2.05. The standard InChI is InChI=1S/2C7H13NO4S.K.H3N/c2*1-4-6(9)8-7(2,3)5-13(10,11)12;;/h2*4H,1,5H2,2-3H3,(H,8,9)(H,10,11,12);;1H3/q;;+1;/p-1. The number of amides is 2. The molecule has 0 radical (unpaired) electrons. The topological polar surface area (TPSA) is 205 Å². The van der Waals surface area contributed by atoms with Crippen molar-refractivity contribution in [3.05, 3.63) is 25.3 Å². The van der Waals surface area contributed by atoms with E-state index in [1.165, 1.54) is 27.7 Å². The zero-order chi connectivity index (χ0) is 21.4. The van der Waals surface area contributed by atoms with Gasteiger partial charge in [-0.25, -0.2) is 8.42 Å². The first kappa shape index (κ1) is 35.3. The van der Waals surface area contributed by atoms with Crippen LogP contribution in [-0.4, -0.2) is 60.3 Å². The van der Waals surface area contributed by atoms with Gasteiger partial charge in [0.1, 0.15) is 0 Å². The summed E-state index contributed by atoms with van der Waals surface area (Å²) in [5, 5.41) is 4.69. The van der Waals surface area contributed by atoms with Gasteiger partial charge < -0.3 is 21.3 Å². The van der Waals surface area contributed by atoms with Gasteiger partial charge in [0.05, 0.1) is 27.2 Å². The first-order valence-corrected chi connectivity index (χ1v) is 10.3. The molecular formula is C14H28KN3O8S2. The number of nitrogens with one attached hydrogen (secondary N) is 2. The second kappa shape index (κ2) is 13.9. The molecule has 0 aliphatic carbocycles. The SMILES string of the molecule is C=CC(=O)NC(C)(C)CS(=O)(=O)O.C=CC(=O)NC(C)(C)CS(=O)(=O)[O-].N.[K+]. The minimum Gasteiger partial charge on any atom is -0.748 e. The first-order valence-electron chi connectivity index (χ1n) is 7.10. The monoisotopic (exact) mass is 469 g/mol. The summed E-state index contributed by atoms with van der Waals surface area (Å²) in [7, 11) is -8.42. The predicted molar refractivity (Wildman–Crippen MR) is 101 cm³/mol. The molecule has 0 aromatic rings. The fourth-order valence-electron chi connectivity index (χ4n) is 1.74. The Morgan fingerprint density at radius 1 is 0.929 bits per heavy atom. The average Bonchev–Trinajstić information content (AvgIpc) is 2.31. The summed E-state index contributed by atoms with van der Waals surface area (Å²) in [5.74, 6) is -2.15. The zero-order valence-corrected chi connectivity index (χ0v) is 21.6. The minimum absolute atomic E-state index is 0.